The average molecular weight is 330 g/mol. The Hall–Kier alpha value is -1.69. The molecule has 24 heavy (non-hydrogen) atoms. The number of carbonyl (C=O) groups is 1. The molecule has 6 heteroatoms. The molecule has 0 unspecified atom stereocenters. The van der Waals surface area contributed by atoms with Gasteiger partial charge in [0.25, 0.3) is 11.5 Å². The largest absolute Gasteiger partial charge is 0.352 e. The van der Waals surface area contributed by atoms with Crippen LogP contribution in [-0.4, -0.2) is 29.0 Å². The topological polar surface area (TPSA) is 101 Å². The second-order valence-corrected chi connectivity index (χ2v) is 8.07. The molecule has 130 valence electrons. The van der Waals surface area contributed by atoms with Crippen LogP contribution < -0.4 is 16.6 Å². The van der Waals surface area contributed by atoms with Gasteiger partial charge in [-0.15, -0.1) is 0 Å². The number of rotatable bonds is 5. The standard InChI is InChI=1S/C18H26N4O2/c19-2-1-3-20-15(23)14-10-21-17(22-16(14)24)18-7-11-4-12(8-18)6-13(5-11)9-18/h10-13H,1-9,19H2,(H,20,23)(H,21,22,24). The van der Waals surface area contributed by atoms with Crippen LogP contribution in [0.4, 0.5) is 0 Å². The number of nitrogens with zero attached hydrogens (tertiary/aromatic N) is 1. The Morgan fingerprint density at radius 2 is 1.88 bits per heavy atom. The first-order valence-electron chi connectivity index (χ1n) is 9.18. The number of amides is 1. The van der Waals surface area contributed by atoms with Crippen molar-refractivity contribution in [2.45, 2.75) is 50.4 Å². The van der Waals surface area contributed by atoms with E-state index in [2.05, 4.69) is 15.3 Å². The fourth-order valence-corrected chi connectivity index (χ4v) is 5.63. The van der Waals surface area contributed by atoms with Crippen molar-refractivity contribution in [3.05, 3.63) is 27.9 Å². The molecular weight excluding hydrogens is 304 g/mol. The van der Waals surface area contributed by atoms with Gasteiger partial charge in [0, 0.05) is 18.2 Å². The lowest BCUT2D eigenvalue weighted by atomic mass is 9.49. The Balaban J connectivity index is 1.56. The molecule has 0 atom stereocenters. The minimum atomic E-state index is -0.366. The summed E-state index contributed by atoms with van der Waals surface area (Å²) in [5.74, 6) is 2.82. The maximum atomic E-state index is 12.4. The normalized spacial score (nSPS) is 33.6. The predicted octanol–water partition coefficient (Wildman–Crippen LogP) is 1.32. The van der Waals surface area contributed by atoms with Gasteiger partial charge < -0.3 is 16.0 Å². The van der Waals surface area contributed by atoms with Crippen molar-refractivity contribution < 1.29 is 4.79 Å². The number of H-pyrrole nitrogens is 1. The first-order valence-corrected chi connectivity index (χ1v) is 9.18. The van der Waals surface area contributed by atoms with Gasteiger partial charge in [-0.25, -0.2) is 4.98 Å². The van der Waals surface area contributed by atoms with Crippen LogP contribution in [0.5, 0.6) is 0 Å². The van der Waals surface area contributed by atoms with Crippen molar-refractivity contribution in [1.29, 1.82) is 0 Å². The zero-order valence-corrected chi connectivity index (χ0v) is 14.0. The van der Waals surface area contributed by atoms with Crippen molar-refractivity contribution in [3.8, 4) is 0 Å². The SMILES string of the molecule is NCCCNC(=O)c1cnc(C23CC4CC(CC(C4)C2)C3)[nH]c1=O. The maximum absolute atomic E-state index is 12.4. The average Bonchev–Trinajstić information content (AvgIpc) is 2.53. The molecule has 5 rings (SSSR count). The number of carbonyl (C=O) groups excluding carboxylic acids is 1. The third-order valence-corrected chi connectivity index (χ3v) is 6.25. The van der Waals surface area contributed by atoms with Crippen LogP contribution >= 0.6 is 0 Å². The Kier molecular flexibility index (Phi) is 3.95. The molecule has 1 aromatic heterocycles. The second kappa shape index (κ2) is 5.99. The highest BCUT2D eigenvalue weighted by Gasteiger charge is 2.52. The van der Waals surface area contributed by atoms with E-state index in [1.54, 1.807) is 0 Å². The molecule has 0 aromatic carbocycles. The molecule has 0 aliphatic heterocycles. The summed E-state index contributed by atoms with van der Waals surface area (Å²) in [6.07, 6.45) is 9.65. The van der Waals surface area contributed by atoms with Crippen LogP contribution in [0.2, 0.25) is 0 Å². The molecule has 4 N–H and O–H groups in total. The van der Waals surface area contributed by atoms with Crippen molar-refractivity contribution in [2.24, 2.45) is 23.5 Å². The van der Waals surface area contributed by atoms with E-state index < -0.39 is 0 Å². The van der Waals surface area contributed by atoms with Gasteiger partial charge >= 0.3 is 0 Å². The quantitative estimate of drug-likeness (QED) is 0.709. The van der Waals surface area contributed by atoms with Crippen LogP contribution in [0.1, 0.15) is 61.1 Å². The van der Waals surface area contributed by atoms with Crippen LogP contribution in [0.3, 0.4) is 0 Å². The first kappa shape index (κ1) is 15.8. The molecule has 6 nitrogen and oxygen atoms in total. The lowest BCUT2D eigenvalue weighted by molar-refractivity contribution is -0.00953. The van der Waals surface area contributed by atoms with E-state index in [9.17, 15) is 9.59 Å². The minimum Gasteiger partial charge on any atom is -0.352 e. The third-order valence-electron chi connectivity index (χ3n) is 6.25. The third kappa shape index (κ3) is 2.66. The molecule has 0 spiro atoms. The highest BCUT2D eigenvalue weighted by atomic mass is 16.2. The predicted molar refractivity (Wildman–Crippen MR) is 90.7 cm³/mol. The van der Waals surface area contributed by atoms with Crippen LogP contribution in [0.15, 0.2) is 11.0 Å². The van der Waals surface area contributed by atoms with E-state index in [1.165, 1.54) is 25.5 Å². The molecule has 4 aliphatic carbocycles. The zero-order chi connectivity index (χ0) is 16.7. The van der Waals surface area contributed by atoms with Crippen molar-refractivity contribution >= 4 is 5.91 Å². The molecule has 4 bridgehead atoms. The summed E-state index contributed by atoms with van der Waals surface area (Å²) in [6.45, 7) is 0.991. The van der Waals surface area contributed by atoms with Crippen LogP contribution in [0.25, 0.3) is 0 Å². The second-order valence-electron chi connectivity index (χ2n) is 8.07. The van der Waals surface area contributed by atoms with Crippen LogP contribution in [0, 0.1) is 17.8 Å². The number of nitrogens with one attached hydrogen (secondary N) is 2. The molecule has 4 aliphatic rings. The van der Waals surface area contributed by atoms with Gasteiger partial charge in [0.1, 0.15) is 11.4 Å². The monoisotopic (exact) mass is 330 g/mol. The van der Waals surface area contributed by atoms with Crippen molar-refractivity contribution in [2.75, 3.05) is 13.1 Å². The summed E-state index contributed by atoms with van der Waals surface area (Å²) in [5.41, 5.74) is 5.24. The van der Waals surface area contributed by atoms with Gasteiger partial charge in [-0.05, 0) is 69.2 Å². The highest BCUT2D eigenvalue weighted by molar-refractivity contribution is 5.93. The van der Waals surface area contributed by atoms with E-state index >= 15 is 0 Å². The van der Waals surface area contributed by atoms with Gasteiger partial charge in [0.2, 0.25) is 0 Å². The molecule has 4 saturated carbocycles. The molecular formula is C18H26N4O2. The lowest BCUT2D eigenvalue weighted by Crippen LogP contribution is -2.50. The molecule has 1 amide bonds. The van der Waals surface area contributed by atoms with Gasteiger partial charge in [0.15, 0.2) is 0 Å². The number of hydrogen-bond donors (Lipinski definition) is 3. The summed E-state index contributed by atoms with van der Waals surface area (Å²) in [7, 11) is 0. The Bertz CT molecular complexity index is 661. The van der Waals surface area contributed by atoms with Gasteiger partial charge in [0.05, 0.1) is 0 Å². The Labute approximate surface area is 141 Å². The van der Waals surface area contributed by atoms with Crippen molar-refractivity contribution in [1.82, 2.24) is 15.3 Å². The molecule has 1 aromatic rings. The van der Waals surface area contributed by atoms with Gasteiger partial charge in [-0.1, -0.05) is 0 Å². The molecule has 0 radical (unpaired) electrons. The molecule has 0 saturated heterocycles. The Morgan fingerprint density at radius 3 is 2.42 bits per heavy atom. The molecule has 1 heterocycles. The Morgan fingerprint density at radius 1 is 1.25 bits per heavy atom. The van der Waals surface area contributed by atoms with E-state index in [1.807, 2.05) is 0 Å². The highest BCUT2D eigenvalue weighted by Crippen LogP contribution is 2.59. The summed E-state index contributed by atoms with van der Waals surface area (Å²) in [6, 6.07) is 0. The minimum absolute atomic E-state index is 0.0441. The smallest absolute Gasteiger partial charge is 0.263 e. The summed E-state index contributed by atoms with van der Waals surface area (Å²) in [5, 5.41) is 2.72. The van der Waals surface area contributed by atoms with E-state index in [-0.39, 0.29) is 22.4 Å². The number of aromatic amines is 1. The number of nitrogens with two attached hydrogens (primary N) is 1. The molecule has 4 fully saturated rings. The summed E-state index contributed by atoms with van der Waals surface area (Å²) < 4.78 is 0. The fraction of sp³-hybridized carbons (Fsp3) is 0.722. The number of hydrogen-bond acceptors (Lipinski definition) is 4. The zero-order valence-electron chi connectivity index (χ0n) is 14.0. The maximum Gasteiger partial charge on any atom is 0.263 e. The van der Waals surface area contributed by atoms with E-state index in [0.717, 1.165) is 42.8 Å². The summed E-state index contributed by atoms with van der Waals surface area (Å²) in [4.78, 5) is 32.0. The van der Waals surface area contributed by atoms with E-state index in [0.29, 0.717) is 19.5 Å². The first-order chi connectivity index (χ1) is 11.6. The number of aromatic nitrogens is 2. The van der Waals surface area contributed by atoms with Crippen molar-refractivity contribution in [3.63, 3.8) is 0 Å². The van der Waals surface area contributed by atoms with Gasteiger partial charge in [-0.3, -0.25) is 9.59 Å². The van der Waals surface area contributed by atoms with E-state index in [4.69, 9.17) is 5.73 Å². The lowest BCUT2D eigenvalue weighted by Gasteiger charge is -2.56. The van der Waals surface area contributed by atoms with Crippen LogP contribution in [-0.2, 0) is 5.41 Å². The van der Waals surface area contributed by atoms with Gasteiger partial charge in [-0.2, -0.15) is 0 Å². The summed E-state index contributed by atoms with van der Waals surface area (Å²) >= 11 is 0. The fourth-order valence-electron chi connectivity index (χ4n) is 5.63.